The lowest BCUT2D eigenvalue weighted by atomic mass is 10.2. The minimum Gasteiger partial charge on any atom is -0.335 e. The van der Waals surface area contributed by atoms with E-state index in [0.29, 0.717) is 5.69 Å². The first-order chi connectivity index (χ1) is 10.8. The summed E-state index contributed by atoms with van der Waals surface area (Å²) in [5, 5.41) is 11.6. The molecule has 2 aliphatic heterocycles. The number of carbonyl (C=O) groups excluding carboxylic acids is 1. The van der Waals surface area contributed by atoms with Crippen LogP contribution in [0.15, 0.2) is 0 Å². The van der Waals surface area contributed by atoms with Crippen LogP contribution < -0.4 is 5.32 Å². The fraction of sp³-hybridized carbons (Fsp3) is 0.800. The van der Waals surface area contributed by atoms with Gasteiger partial charge in [0.05, 0.1) is 5.69 Å². The summed E-state index contributed by atoms with van der Waals surface area (Å²) in [7, 11) is 0. The Labute approximate surface area is 131 Å². The maximum Gasteiger partial charge on any atom is 0.276 e. The number of hydrogen-bond acceptors (Lipinski definition) is 5. The lowest BCUT2D eigenvalue weighted by molar-refractivity contribution is 0.0729. The Bertz CT molecular complexity index is 502. The van der Waals surface area contributed by atoms with Gasteiger partial charge in [0.2, 0.25) is 0 Å². The zero-order valence-electron chi connectivity index (χ0n) is 13.4. The van der Waals surface area contributed by atoms with Crippen LogP contribution in [-0.4, -0.2) is 76.5 Å². The third-order valence-corrected chi connectivity index (χ3v) is 4.63. The van der Waals surface area contributed by atoms with E-state index in [1.807, 2.05) is 16.5 Å². The van der Waals surface area contributed by atoms with E-state index in [1.54, 1.807) is 0 Å². The highest BCUT2D eigenvalue weighted by Gasteiger charge is 2.23. The van der Waals surface area contributed by atoms with Crippen molar-refractivity contribution in [3.05, 3.63) is 11.4 Å². The summed E-state index contributed by atoms with van der Waals surface area (Å²) in [6, 6.07) is 0. The van der Waals surface area contributed by atoms with Gasteiger partial charge in [-0.05, 0) is 45.8 Å². The average Bonchev–Trinajstić information content (AvgIpc) is 3.18. The van der Waals surface area contributed by atoms with E-state index in [9.17, 15) is 4.79 Å². The Morgan fingerprint density at radius 2 is 1.86 bits per heavy atom. The first kappa shape index (κ1) is 15.4. The van der Waals surface area contributed by atoms with Gasteiger partial charge in [0.1, 0.15) is 0 Å². The molecule has 2 aliphatic rings. The van der Waals surface area contributed by atoms with Gasteiger partial charge in [-0.2, -0.15) is 0 Å². The van der Waals surface area contributed by atoms with Gasteiger partial charge >= 0.3 is 0 Å². The van der Waals surface area contributed by atoms with Crippen LogP contribution in [0.2, 0.25) is 0 Å². The standard InChI is InChI=1S/C15H26N6O/c1-13-14(15(22)20-11-5-16-6-12-20)17-18-21(13)10-4-9-19-7-2-3-8-19/h16H,2-12H2,1H3. The van der Waals surface area contributed by atoms with Crippen molar-refractivity contribution in [1.29, 1.82) is 0 Å². The van der Waals surface area contributed by atoms with Crippen LogP contribution in [0.3, 0.4) is 0 Å². The smallest absolute Gasteiger partial charge is 0.276 e. The Kier molecular flexibility index (Phi) is 5.04. The Balaban J connectivity index is 1.55. The number of piperazine rings is 1. The van der Waals surface area contributed by atoms with E-state index in [1.165, 1.54) is 25.9 Å². The molecule has 1 N–H and O–H groups in total. The summed E-state index contributed by atoms with van der Waals surface area (Å²) in [5.74, 6) is 0.0183. The number of carbonyl (C=O) groups is 1. The normalized spacial score (nSPS) is 19.8. The molecule has 0 aliphatic carbocycles. The fourth-order valence-electron chi connectivity index (χ4n) is 3.24. The second-order valence-corrected chi connectivity index (χ2v) is 6.19. The van der Waals surface area contributed by atoms with Gasteiger partial charge in [0.25, 0.3) is 5.91 Å². The van der Waals surface area contributed by atoms with E-state index in [4.69, 9.17) is 0 Å². The Hall–Kier alpha value is -1.47. The summed E-state index contributed by atoms with van der Waals surface area (Å²) in [4.78, 5) is 16.9. The second-order valence-electron chi connectivity index (χ2n) is 6.19. The molecule has 7 nitrogen and oxygen atoms in total. The molecular formula is C15H26N6O. The second kappa shape index (κ2) is 7.19. The first-order valence-electron chi connectivity index (χ1n) is 8.38. The first-order valence-corrected chi connectivity index (χ1v) is 8.38. The third-order valence-electron chi connectivity index (χ3n) is 4.63. The van der Waals surface area contributed by atoms with Gasteiger partial charge in [-0.3, -0.25) is 4.79 Å². The Morgan fingerprint density at radius 3 is 2.59 bits per heavy atom. The molecule has 122 valence electrons. The number of aryl methyl sites for hydroxylation is 1. The highest BCUT2D eigenvalue weighted by Crippen LogP contribution is 2.11. The number of hydrogen-bond donors (Lipinski definition) is 1. The minimum atomic E-state index is 0.0183. The summed E-state index contributed by atoms with van der Waals surface area (Å²) in [6.07, 6.45) is 3.71. The lowest BCUT2D eigenvalue weighted by Crippen LogP contribution is -2.46. The van der Waals surface area contributed by atoms with Crippen molar-refractivity contribution in [2.24, 2.45) is 0 Å². The minimum absolute atomic E-state index is 0.0183. The molecule has 7 heteroatoms. The third kappa shape index (κ3) is 3.47. The molecule has 1 amide bonds. The highest BCUT2D eigenvalue weighted by molar-refractivity contribution is 5.93. The van der Waals surface area contributed by atoms with Crippen molar-refractivity contribution >= 4 is 5.91 Å². The average molecular weight is 306 g/mol. The summed E-state index contributed by atoms with van der Waals surface area (Å²) < 4.78 is 1.88. The summed E-state index contributed by atoms with van der Waals surface area (Å²) in [6.45, 7) is 9.56. The van der Waals surface area contributed by atoms with Crippen molar-refractivity contribution in [3.8, 4) is 0 Å². The molecule has 3 heterocycles. The van der Waals surface area contributed by atoms with Crippen LogP contribution in [0.4, 0.5) is 0 Å². The molecule has 3 rings (SSSR count). The van der Waals surface area contributed by atoms with Crippen LogP contribution in [0.5, 0.6) is 0 Å². The molecule has 0 spiro atoms. The van der Waals surface area contributed by atoms with E-state index in [-0.39, 0.29) is 5.91 Å². The van der Waals surface area contributed by atoms with E-state index < -0.39 is 0 Å². The SMILES string of the molecule is Cc1c(C(=O)N2CCNCC2)nnn1CCCN1CCCC1. The number of aromatic nitrogens is 3. The quantitative estimate of drug-likeness (QED) is 0.837. The van der Waals surface area contributed by atoms with Crippen molar-refractivity contribution in [3.63, 3.8) is 0 Å². The molecular weight excluding hydrogens is 280 g/mol. The summed E-state index contributed by atoms with van der Waals surface area (Å²) in [5.41, 5.74) is 1.41. The maximum atomic E-state index is 12.5. The zero-order valence-corrected chi connectivity index (χ0v) is 13.4. The Morgan fingerprint density at radius 1 is 1.14 bits per heavy atom. The number of rotatable bonds is 5. The summed E-state index contributed by atoms with van der Waals surface area (Å²) >= 11 is 0. The predicted molar refractivity (Wildman–Crippen MR) is 83.8 cm³/mol. The van der Waals surface area contributed by atoms with Gasteiger partial charge in [0, 0.05) is 32.7 Å². The van der Waals surface area contributed by atoms with Crippen molar-refractivity contribution in [2.45, 2.75) is 32.7 Å². The van der Waals surface area contributed by atoms with Crippen LogP contribution in [0.1, 0.15) is 35.4 Å². The van der Waals surface area contributed by atoms with Crippen molar-refractivity contribution < 1.29 is 4.79 Å². The van der Waals surface area contributed by atoms with Crippen LogP contribution in [-0.2, 0) is 6.54 Å². The molecule has 0 saturated carbocycles. The van der Waals surface area contributed by atoms with Crippen LogP contribution in [0, 0.1) is 6.92 Å². The number of nitrogens with zero attached hydrogens (tertiary/aromatic N) is 5. The van der Waals surface area contributed by atoms with E-state index in [2.05, 4.69) is 20.5 Å². The number of likely N-dealkylation sites (tertiary alicyclic amines) is 1. The van der Waals surface area contributed by atoms with Crippen molar-refractivity contribution in [1.82, 2.24) is 30.1 Å². The van der Waals surface area contributed by atoms with Crippen LogP contribution in [0.25, 0.3) is 0 Å². The van der Waals surface area contributed by atoms with Crippen LogP contribution >= 0.6 is 0 Å². The number of nitrogens with one attached hydrogen (secondary N) is 1. The van der Waals surface area contributed by atoms with Gasteiger partial charge in [-0.1, -0.05) is 5.21 Å². The van der Waals surface area contributed by atoms with Gasteiger partial charge in [0.15, 0.2) is 5.69 Å². The molecule has 1 aromatic rings. The van der Waals surface area contributed by atoms with E-state index >= 15 is 0 Å². The number of amides is 1. The molecule has 0 unspecified atom stereocenters. The molecule has 0 radical (unpaired) electrons. The molecule has 1 aromatic heterocycles. The maximum absolute atomic E-state index is 12.5. The monoisotopic (exact) mass is 306 g/mol. The van der Waals surface area contributed by atoms with Gasteiger partial charge in [-0.15, -0.1) is 5.10 Å². The fourth-order valence-corrected chi connectivity index (χ4v) is 3.24. The molecule has 0 aromatic carbocycles. The largest absolute Gasteiger partial charge is 0.335 e. The lowest BCUT2D eigenvalue weighted by Gasteiger charge is -2.26. The zero-order chi connectivity index (χ0) is 15.4. The van der Waals surface area contributed by atoms with Crippen molar-refractivity contribution in [2.75, 3.05) is 45.8 Å². The topological polar surface area (TPSA) is 66.3 Å². The molecule has 0 bridgehead atoms. The molecule has 2 fully saturated rings. The van der Waals surface area contributed by atoms with Gasteiger partial charge in [-0.25, -0.2) is 4.68 Å². The van der Waals surface area contributed by atoms with Gasteiger partial charge < -0.3 is 15.1 Å². The van der Waals surface area contributed by atoms with E-state index in [0.717, 1.165) is 51.4 Å². The molecule has 22 heavy (non-hydrogen) atoms. The predicted octanol–water partition coefficient (Wildman–Crippen LogP) is 0.118. The molecule has 2 saturated heterocycles. The molecule has 0 atom stereocenters. The highest BCUT2D eigenvalue weighted by atomic mass is 16.2.